The lowest BCUT2D eigenvalue weighted by Gasteiger charge is -2.13. The van der Waals surface area contributed by atoms with Gasteiger partial charge in [0.1, 0.15) is 0 Å². The van der Waals surface area contributed by atoms with Gasteiger partial charge in [0.05, 0.1) is 24.2 Å². The van der Waals surface area contributed by atoms with Crippen LogP contribution in [-0.2, 0) is 18.9 Å². The van der Waals surface area contributed by atoms with Crippen molar-refractivity contribution in [3.05, 3.63) is 34.9 Å². The molecule has 0 saturated heterocycles. The third kappa shape index (κ3) is 5.30. The summed E-state index contributed by atoms with van der Waals surface area (Å²) in [6.45, 7) is 0.433. The summed E-state index contributed by atoms with van der Waals surface area (Å²) in [4.78, 5) is 0. The normalized spacial score (nSPS) is 13.5. The molecule has 9 heteroatoms. The minimum atomic E-state index is -4.85. The van der Waals surface area contributed by atoms with Gasteiger partial charge < -0.3 is 11.5 Å². The molecule has 0 aliphatic carbocycles. The van der Waals surface area contributed by atoms with Gasteiger partial charge in [-0.3, -0.25) is 0 Å². The van der Waals surface area contributed by atoms with Crippen molar-refractivity contribution >= 4 is 6.21 Å². The van der Waals surface area contributed by atoms with Gasteiger partial charge in [-0.05, 0) is 18.2 Å². The Kier molecular flexibility index (Phi) is 5.95. The van der Waals surface area contributed by atoms with E-state index in [9.17, 15) is 26.3 Å². The van der Waals surface area contributed by atoms with Crippen molar-refractivity contribution in [1.29, 1.82) is 0 Å². The van der Waals surface area contributed by atoms with Gasteiger partial charge in [0.15, 0.2) is 19.3 Å². The Morgan fingerprint density at radius 2 is 1.41 bits per heavy atom. The van der Waals surface area contributed by atoms with Gasteiger partial charge in [0, 0.05) is 5.56 Å². The van der Waals surface area contributed by atoms with E-state index in [0.29, 0.717) is 12.1 Å². The third-order valence-corrected chi connectivity index (χ3v) is 2.81. The summed E-state index contributed by atoms with van der Waals surface area (Å²) in [5.74, 6) is 0. The number of rotatable bonds is 5. The monoisotopic (exact) mass is 328 g/mol. The zero-order chi connectivity index (χ0) is 17.0. The van der Waals surface area contributed by atoms with Crippen molar-refractivity contribution in [3.8, 4) is 0 Å². The fourth-order valence-corrected chi connectivity index (χ4v) is 1.89. The molecule has 0 bridgehead atoms. The Morgan fingerprint density at radius 3 is 1.77 bits per heavy atom. The summed E-state index contributed by atoms with van der Waals surface area (Å²) in [7, 11) is 0. The molecule has 124 valence electrons. The predicted octanol–water partition coefficient (Wildman–Crippen LogP) is 2.22. The lowest BCUT2D eigenvalue weighted by Crippen LogP contribution is -2.24. The van der Waals surface area contributed by atoms with Crippen LogP contribution in [0.2, 0.25) is 0 Å². The highest BCUT2D eigenvalue weighted by Gasteiger charge is 2.37. The molecular weight excluding hydrogens is 312 g/mol. The van der Waals surface area contributed by atoms with E-state index in [1.807, 2.05) is 0 Å². The molecule has 0 amide bonds. The van der Waals surface area contributed by atoms with Crippen molar-refractivity contribution in [1.82, 2.24) is 0 Å². The highest BCUT2D eigenvalue weighted by atomic mass is 19.4. The minimum Gasteiger partial charge on any atom is -0.325 e. The van der Waals surface area contributed by atoms with Gasteiger partial charge in [-0.2, -0.15) is 26.3 Å². The lowest BCUT2D eigenvalue weighted by atomic mass is 10.0. The molecule has 4 N–H and O–H groups in total. The van der Waals surface area contributed by atoms with Gasteiger partial charge in [-0.1, -0.05) is 0 Å². The molecule has 0 heterocycles. The van der Waals surface area contributed by atoms with Crippen LogP contribution in [0.15, 0.2) is 18.2 Å². The maximum absolute atomic E-state index is 12.7. The summed E-state index contributed by atoms with van der Waals surface area (Å²) in [6.07, 6.45) is -8.24. The van der Waals surface area contributed by atoms with Crippen molar-refractivity contribution in [2.75, 3.05) is 19.6 Å². The highest BCUT2D eigenvalue weighted by Crippen LogP contribution is 2.36. The van der Waals surface area contributed by atoms with Crippen molar-refractivity contribution in [2.24, 2.45) is 11.5 Å². The zero-order valence-electron chi connectivity index (χ0n) is 11.5. The van der Waals surface area contributed by atoms with Crippen LogP contribution >= 0.6 is 0 Å². The molecule has 0 saturated carbocycles. The molecule has 0 spiro atoms. The van der Waals surface area contributed by atoms with Crippen molar-refractivity contribution < 1.29 is 30.9 Å². The fraction of sp³-hybridized carbons (Fsp3) is 0.462. The number of nitrogens with zero attached hydrogens (tertiary/aromatic N) is 1. The summed E-state index contributed by atoms with van der Waals surface area (Å²) in [5.41, 5.74) is 7.88. The van der Waals surface area contributed by atoms with Crippen LogP contribution in [0.3, 0.4) is 0 Å². The Hall–Kier alpha value is -1.61. The van der Waals surface area contributed by atoms with E-state index in [4.69, 9.17) is 11.5 Å². The quantitative estimate of drug-likeness (QED) is 0.495. The van der Waals surface area contributed by atoms with Gasteiger partial charge in [0.2, 0.25) is 0 Å². The lowest BCUT2D eigenvalue weighted by molar-refractivity contribution is -0.537. The number of halogens is 6. The van der Waals surface area contributed by atoms with Crippen LogP contribution in [0.25, 0.3) is 0 Å². The Balaban J connectivity index is 3.26. The van der Waals surface area contributed by atoms with Gasteiger partial charge >= 0.3 is 12.4 Å². The van der Waals surface area contributed by atoms with Crippen LogP contribution in [0.5, 0.6) is 0 Å². The Bertz CT molecular complexity index is 501. The van der Waals surface area contributed by atoms with Gasteiger partial charge in [0.25, 0.3) is 0 Å². The minimum absolute atomic E-state index is 0.101. The van der Waals surface area contributed by atoms with E-state index in [-0.39, 0.29) is 37.8 Å². The number of hydrogen-bond donors (Lipinski definition) is 2. The van der Waals surface area contributed by atoms with Gasteiger partial charge in [-0.15, -0.1) is 0 Å². The molecule has 0 aromatic heterocycles. The molecule has 22 heavy (non-hydrogen) atoms. The molecule has 3 nitrogen and oxygen atoms in total. The molecule has 0 aliphatic rings. The number of benzene rings is 1. The SMILES string of the molecule is NC/C=[N+](\CCN)Cc1cc(C(F)(F)F)cc(C(F)(F)F)c1. The smallest absolute Gasteiger partial charge is 0.325 e. The van der Waals surface area contributed by atoms with Crippen LogP contribution in [0.1, 0.15) is 16.7 Å². The van der Waals surface area contributed by atoms with Crippen molar-refractivity contribution in [2.45, 2.75) is 18.9 Å². The maximum Gasteiger partial charge on any atom is 0.416 e. The second-order valence-electron chi connectivity index (χ2n) is 4.59. The molecular formula is C13H16F6N3+. The van der Waals surface area contributed by atoms with E-state index in [1.165, 1.54) is 10.8 Å². The number of alkyl halides is 6. The van der Waals surface area contributed by atoms with Gasteiger partial charge in [-0.25, -0.2) is 4.58 Å². The average molecular weight is 328 g/mol. The Labute approximate surface area is 123 Å². The second kappa shape index (κ2) is 7.10. The predicted molar refractivity (Wildman–Crippen MR) is 69.5 cm³/mol. The summed E-state index contributed by atoms with van der Waals surface area (Å²) in [5, 5.41) is 0. The first kappa shape index (κ1) is 18.4. The highest BCUT2D eigenvalue weighted by molar-refractivity contribution is 5.53. The first-order chi connectivity index (χ1) is 10.1. The molecule has 1 aromatic carbocycles. The van der Waals surface area contributed by atoms with Crippen LogP contribution in [0, 0.1) is 0 Å². The molecule has 1 rings (SSSR count). The summed E-state index contributed by atoms with van der Waals surface area (Å²) >= 11 is 0. The van der Waals surface area contributed by atoms with E-state index in [2.05, 4.69) is 0 Å². The molecule has 0 aliphatic heterocycles. The van der Waals surface area contributed by atoms with E-state index < -0.39 is 23.5 Å². The Morgan fingerprint density at radius 1 is 0.909 bits per heavy atom. The van der Waals surface area contributed by atoms with Crippen molar-refractivity contribution in [3.63, 3.8) is 0 Å². The van der Waals surface area contributed by atoms with Crippen LogP contribution in [0.4, 0.5) is 26.3 Å². The molecule has 0 atom stereocenters. The second-order valence-corrected chi connectivity index (χ2v) is 4.59. The van der Waals surface area contributed by atoms with E-state index in [0.717, 1.165) is 0 Å². The van der Waals surface area contributed by atoms with E-state index in [1.54, 1.807) is 0 Å². The largest absolute Gasteiger partial charge is 0.416 e. The number of nitrogens with two attached hydrogens (primary N) is 2. The first-order valence-electron chi connectivity index (χ1n) is 6.33. The summed E-state index contributed by atoms with van der Waals surface area (Å²) in [6, 6.07) is 1.50. The zero-order valence-corrected chi connectivity index (χ0v) is 11.5. The third-order valence-electron chi connectivity index (χ3n) is 2.81. The molecule has 0 fully saturated rings. The van der Waals surface area contributed by atoms with E-state index >= 15 is 0 Å². The average Bonchev–Trinajstić information content (AvgIpc) is 2.37. The van der Waals surface area contributed by atoms with Crippen LogP contribution < -0.4 is 11.5 Å². The fourth-order valence-electron chi connectivity index (χ4n) is 1.89. The maximum atomic E-state index is 12.7. The number of hydrogen-bond acceptors (Lipinski definition) is 2. The molecule has 0 radical (unpaired) electrons. The topological polar surface area (TPSA) is 55.0 Å². The molecule has 0 unspecified atom stereocenters. The first-order valence-corrected chi connectivity index (χ1v) is 6.33. The summed E-state index contributed by atoms with van der Waals surface area (Å²) < 4.78 is 77.9. The standard InChI is InChI=1S/C13H16F6N3/c14-12(15,16)10-5-9(6-11(7-10)13(17,18)19)8-22(3-1-20)4-2-21/h3,5-7H,1-2,4,8,20-21H2/q+1/b22-3+. The van der Waals surface area contributed by atoms with Crippen LogP contribution in [-0.4, -0.2) is 30.4 Å². The molecule has 1 aromatic rings.